The maximum absolute atomic E-state index is 12.1. The van der Waals surface area contributed by atoms with Crippen LogP contribution in [-0.2, 0) is 9.53 Å². The molecule has 0 bridgehead atoms. The standard InChI is InChI=1S/C13H23NO2/c1-2-12-11(8-9-16-12)13(15)14-10-6-4-3-5-7-10/h10-12H,2-9H2,1H3,(H,14,15). The molecule has 2 rings (SSSR count). The molecule has 92 valence electrons. The fourth-order valence-corrected chi connectivity index (χ4v) is 2.91. The van der Waals surface area contributed by atoms with Crippen molar-refractivity contribution in [2.24, 2.45) is 5.92 Å². The van der Waals surface area contributed by atoms with Gasteiger partial charge in [-0.15, -0.1) is 0 Å². The Hall–Kier alpha value is -0.570. The molecule has 1 saturated heterocycles. The maximum Gasteiger partial charge on any atom is 0.226 e. The summed E-state index contributed by atoms with van der Waals surface area (Å²) in [5, 5.41) is 3.21. The van der Waals surface area contributed by atoms with Crippen molar-refractivity contribution in [1.29, 1.82) is 0 Å². The summed E-state index contributed by atoms with van der Waals surface area (Å²) in [6, 6.07) is 0.430. The molecule has 0 aromatic heterocycles. The van der Waals surface area contributed by atoms with Crippen LogP contribution in [0.25, 0.3) is 0 Å². The first-order chi connectivity index (χ1) is 7.81. The largest absolute Gasteiger partial charge is 0.377 e. The minimum atomic E-state index is 0.104. The molecule has 0 radical (unpaired) electrons. The lowest BCUT2D eigenvalue weighted by Gasteiger charge is -2.25. The molecule has 0 aromatic rings. The third-order valence-corrected chi connectivity index (χ3v) is 3.90. The number of nitrogens with one attached hydrogen (secondary N) is 1. The zero-order valence-corrected chi connectivity index (χ0v) is 10.2. The number of hydrogen-bond donors (Lipinski definition) is 1. The Morgan fingerprint density at radius 1 is 1.25 bits per heavy atom. The second kappa shape index (κ2) is 5.67. The highest BCUT2D eigenvalue weighted by atomic mass is 16.5. The van der Waals surface area contributed by atoms with Gasteiger partial charge in [0.15, 0.2) is 0 Å². The Balaban J connectivity index is 1.82. The van der Waals surface area contributed by atoms with E-state index in [0.29, 0.717) is 6.04 Å². The summed E-state index contributed by atoms with van der Waals surface area (Å²) in [6.07, 6.45) is 8.19. The molecule has 2 fully saturated rings. The molecule has 2 unspecified atom stereocenters. The van der Waals surface area contributed by atoms with Gasteiger partial charge in [0.1, 0.15) is 0 Å². The first-order valence-electron chi connectivity index (χ1n) is 6.73. The van der Waals surface area contributed by atoms with Gasteiger partial charge in [-0.1, -0.05) is 26.2 Å². The summed E-state index contributed by atoms with van der Waals surface area (Å²) in [7, 11) is 0. The molecule has 1 aliphatic heterocycles. The number of carbonyl (C=O) groups excluding carboxylic acids is 1. The first kappa shape index (κ1) is 11.9. The van der Waals surface area contributed by atoms with Gasteiger partial charge in [-0.2, -0.15) is 0 Å². The van der Waals surface area contributed by atoms with Crippen LogP contribution >= 0.6 is 0 Å². The number of hydrogen-bond acceptors (Lipinski definition) is 2. The minimum Gasteiger partial charge on any atom is -0.377 e. The number of amides is 1. The molecule has 1 amide bonds. The van der Waals surface area contributed by atoms with E-state index in [9.17, 15) is 4.79 Å². The number of rotatable bonds is 3. The van der Waals surface area contributed by atoms with E-state index >= 15 is 0 Å². The molecule has 0 aromatic carbocycles. The molecular formula is C13H23NO2. The van der Waals surface area contributed by atoms with E-state index in [-0.39, 0.29) is 17.9 Å². The molecule has 1 saturated carbocycles. The molecule has 2 atom stereocenters. The molecule has 2 aliphatic rings. The fourth-order valence-electron chi connectivity index (χ4n) is 2.91. The van der Waals surface area contributed by atoms with Crippen molar-refractivity contribution in [1.82, 2.24) is 5.32 Å². The number of ether oxygens (including phenoxy) is 1. The van der Waals surface area contributed by atoms with E-state index in [0.717, 1.165) is 32.3 Å². The van der Waals surface area contributed by atoms with Crippen molar-refractivity contribution in [3.05, 3.63) is 0 Å². The third kappa shape index (κ3) is 2.76. The van der Waals surface area contributed by atoms with Crippen LogP contribution in [-0.4, -0.2) is 24.7 Å². The normalized spacial score (nSPS) is 31.6. The topological polar surface area (TPSA) is 38.3 Å². The van der Waals surface area contributed by atoms with Crippen LogP contribution in [0.1, 0.15) is 51.9 Å². The van der Waals surface area contributed by atoms with E-state index in [1.807, 2.05) is 0 Å². The molecule has 1 aliphatic carbocycles. The summed E-state index contributed by atoms with van der Waals surface area (Å²) in [5.74, 6) is 0.336. The van der Waals surface area contributed by atoms with Crippen LogP contribution in [0.5, 0.6) is 0 Å². The molecular weight excluding hydrogens is 202 g/mol. The quantitative estimate of drug-likeness (QED) is 0.800. The van der Waals surface area contributed by atoms with Crippen molar-refractivity contribution in [2.75, 3.05) is 6.61 Å². The van der Waals surface area contributed by atoms with Gasteiger partial charge in [0.25, 0.3) is 0 Å². The molecule has 3 heteroatoms. The van der Waals surface area contributed by atoms with Crippen molar-refractivity contribution in [3.63, 3.8) is 0 Å². The van der Waals surface area contributed by atoms with Gasteiger partial charge in [0, 0.05) is 12.6 Å². The van der Waals surface area contributed by atoms with E-state index in [1.54, 1.807) is 0 Å². The highest BCUT2D eigenvalue weighted by molar-refractivity contribution is 5.79. The highest BCUT2D eigenvalue weighted by Crippen LogP contribution is 2.25. The van der Waals surface area contributed by atoms with Crippen LogP contribution in [0.3, 0.4) is 0 Å². The van der Waals surface area contributed by atoms with Gasteiger partial charge < -0.3 is 10.1 Å². The van der Waals surface area contributed by atoms with Crippen LogP contribution in [0, 0.1) is 5.92 Å². The summed E-state index contributed by atoms with van der Waals surface area (Å²) in [5.41, 5.74) is 0. The molecule has 16 heavy (non-hydrogen) atoms. The lowest BCUT2D eigenvalue weighted by atomic mass is 9.93. The zero-order valence-electron chi connectivity index (χ0n) is 10.2. The highest BCUT2D eigenvalue weighted by Gasteiger charge is 2.33. The van der Waals surface area contributed by atoms with Crippen LogP contribution < -0.4 is 5.32 Å². The van der Waals surface area contributed by atoms with Gasteiger partial charge in [-0.05, 0) is 25.7 Å². The van der Waals surface area contributed by atoms with E-state index in [2.05, 4.69) is 12.2 Å². The van der Waals surface area contributed by atoms with Crippen molar-refractivity contribution >= 4 is 5.91 Å². The molecule has 0 spiro atoms. The van der Waals surface area contributed by atoms with Crippen molar-refractivity contribution in [2.45, 2.75) is 64.0 Å². The second-order valence-corrected chi connectivity index (χ2v) is 5.06. The minimum absolute atomic E-state index is 0.104. The van der Waals surface area contributed by atoms with Crippen LogP contribution in [0.15, 0.2) is 0 Å². The fraction of sp³-hybridized carbons (Fsp3) is 0.923. The average Bonchev–Trinajstić information content (AvgIpc) is 2.78. The second-order valence-electron chi connectivity index (χ2n) is 5.06. The summed E-state index contributed by atoms with van der Waals surface area (Å²) >= 11 is 0. The van der Waals surface area contributed by atoms with Crippen molar-refractivity contribution < 1.29 is 9.53 Å². The monoisotopic (exact) mass is 225 g/mol. The van der Waals surface area contributed by atoms with E-state index in [4.69, 9.17) is 4.74 Å². The Morgan fingerprint density at radius 3 is 2.69 bits per heavy atom. The van der Waals surface area contributed by atoms with Gasteiger partial charge in [0.2, 0.25) is 5.91 Å². The predicted octanol–water partition coefficient (Wildman–Crippen LogP) is 2.25. The predicted molar refractivity (Wildman–Crippen MR) is 63.2 cm³/mol. The third-order valence-electron chi connectivity index (χ3n) is 3.90. The smallest absolute Gasteiger partial charge is 0.226 e. The van der Waals surface area contributed by atoms with Gasteiger partial charge >= 0.3 is 0 Å². The Morgan fingerprint density at radius 2 is 2.00 bits per heavy atom. The number of carbonyl (C=O) groups is 1. The Kier molecular flexibility index (Phi) is 4.22. The molecule has 1 heterocycles. The summed E-state index contributed by atoms with van der Waals surface area (Å²) in [4.78, 5) is 12.1. The maximum atomic E-state index is 12.1. The average molecular weight is 225 g/mol. The summed E-state index contributed by atoms with van der Waals surface area (Å²) in [6.45, 7) is 2.85. The zero-order chi connectivity index (χ0) is 11.4. The Labute approximate surface area is 97.9 Å². The SMILES string of the molecule is CCC1OCCC1C(=O)NC1CCCCC1. The van der Waals surface area contributed by atoms with Gasteiger partial charge in [-0.3, -0.25) is 4.79 Å². The molecule has 1 N–H and O–H groups in total. The first-order valence-corrected chi connectivity index (χ1v) is 6.73. The van der Waals surface area contributed by atoms with Crippen LogP contribution in [0.2, 0.25) is 0 Å². The van der Waals surface area contributed by atoms with Gasteiger partial charge in [-0.25, -0.2) is 0 Å². The Bertz CT molecular complexity index is 236. The summed E-state index contributed by atoms with van der Waals surface area (Å²) < 4.78 is 5.56. The lowest BCUT2D eigenvalue weighted by molar-refractivity contribution is -0.127. The van der Waals surface area contributed by atoms with Gasteiger partial charge in [0.05, 0.1) is 12.0 Å². The van der Waals surface area contributed by atoms with Crippen molar-refractivity contribution in [3.8, 4) is 0 Å². The van der Waals surface area contributed by atoms with Crippen LogP contribution in [0.4, 0.5) is 0 Å². The van der Waals surface area contributed by atoms with E-state index in [1.165, 1.54) is 19.3 Å². The lowest BCUT2D eigenvalue weighted by Crippen LogP contribution is -2.42. The van der Waals surface area contributed by atoms with E-state index < -0.39 is 0 Å². The molecule has 3 nitrogen and oxygen atoms in total.